The van der Waals surface area contributed by atoms with E-state index in [1.54, 1.807) is 6.33 Å². The van der Waals surface area contributed by atoms with Crippen molar-refractivity contribution < 1.29 is 4.74 Å². The summed E-state index contributed by atoms with van der Waals surface area (Å²) >= 11 is 0. The highest BCUT2D eigenvalue weighted by Crippen LogP contribution is 2.24. The number of nitrogens with zero attached hydrogens (tertiary/aromatic N) is 3. The van der Waals surface area contributed by atoms with Gasteiger partial charge in [0.2, 0.25) is 0 Å². The summed E-state index contributed by atoms with van der Waals surface area (Å²) in [6.45, 7) is 4.42. The van der Waals surface area contributed by atoms with Gasteiger partial charge in [-0.05, 0) is 13.3 Å². The molecule has 2 rings (SSSR count). The second-order valence-corrected chi connectivity index (χ2v) is 3.58. The molecular weight excluding hydrogens is 180 g/mol. The van der Waals surface area contributed by atoms with Gasteiger partial charge in [0.15, 0.2) is 0 Å². The first-order chi connectivity index (χ1) is 6.83. The molecule has 0 aromatic carbocycles. The van der Waals surface area contributed by atoms with Crippen molar-refractivity contribution in [2.75, 3.05) is 13.2 Å². The summed E-state index contributed by atoms with van der Waals surface area (Å²) in [7, 11) is 0. The largest absolute Gasteiger partial charge is 0.381 e. The smallest absolute Gasteiger partial charge is 0.144 e. The van der Waals surface area contributed by atoms with Gasteiger partial charge in [0.25, 0.3) is 0 Å². The van der Waals surface area contributed by atoms with Crippen molar-refractivity contribution in [1.29, 1.82) is 0 Å². The van der Waals surface area contributed by atoms with E-state index in [0.29, 0.717) is 5.92 Å². The molecule has 2 heterocycles. The van der Waals surface area contributed by atoms with Gasteiger partial charge in [-0.15, -0.1) is 0 Å². The predicted molar refractivity (Wildman–Crippen MR) is 51.6 cm³/mol. The molecule has 1 saturated heterocycles. The number of rotatable bonds is 3. The molecule has 0 bridgehead atoms. The van der Waals surface area contributed by atoms with E-state index in [-0.39, 0.29) is 6.04 Å². The Morgan fingerprint density at radius 1 is 1.79 bits per heavy atom. The van der Waals surface area contributed by atoms with E-state index in [1.165, 1.54) is 0 Å². The van der Waals surface area contributed by atoms with E-state index < -0.39 is 0 Å². The maximum absolute atomic E-state index is 6.12. The second-order valence-electron chi connectivity index (χ2n) is 3.58. The SMILES string of the molecule is CCn1ncnc1C(N)C1CCOC1. The van der Waals surface area contributed by atoms with Crippen LogP contribution in [0, 0.1) is 5.92 Å². The average molecular weight is 196 g/mol. The summed E-state index contributed by atoms with van der Waals surface area (Å²) in [5.74, 6) is 1.27. The standard InChI is InChI=1S/C9H16N4O/c1-2-13-9(11-6-12-13)8(10)7-3-4-14-5-7/h6-8H,2-5,10H2,1H3. The van der Waals surface area contributed by atoms with E-state index in [9.17, 15) is 0 Å². The molecule has 78 valence electrons. The Bertz CT molecular complexity index is 293. The third kappa shape index (κ3) is 1.65. The van der Waals surface area contributed by atoms with Crippen molar-refractivity contribution in [1.82, 2.24) is 14.8 Å². The molecule has 5 heteroatoms. The summed E-state index contributed by atoms with van der Waals surface area (Å²) in [5, 5.41) is 4.11. The van der Waals surface area contributed by atoms with Gasteiger partial charge in [0.1, 0.15) is 12.2 Å². The zero-order valence-electron chi connectivity index (χ0n) is 8.39. The van der Waals surface area contributed by atoms with Crippen LogP contribution in [0.1, 0.15) is 25.2 Å². The van der Waals surface area contributed by atoms with E-state index >= 15 is 0 Å². The van der Waals surface area contributed by atoms with Gasteiger partial charge in [0, 0.05) is 19.1 Å². The van der Waals surface area contributed by atoms with Crippen molar-refractivity contribution in [3.8, 4) is 0 Å². The Morgan fingerprint density at radius 3 is 3.29 bits per heavy atom. The molecule has 0 saturated carbocycles. The molecule has 1 aliphatic heterocycles. The van der Waals surface area contributed by atoms with Gasteiger partial charge >= 0.3 is 0 Å². The number of aryl methyl sites for hydroxylation is 1. The average Bonchev–Trinajstić information content (AvgIpc) is 2.87. The van der Waals surface area contributed by atoms with Crippen molar-refractivity contribution in [3.05, 3.63) is 12.2 Å². The van der Waals surface area contributed by atoms with Crippen LogP contribution in [0.5, 0.6) is 0 Å². The number of ether oxygens (including phenoxy) is 1. The maximum atomic E-state index is 6.12. The third-order valence-electron chi connectivity index (χ3n) is 2.72. The topological polar surface area (TPSA) is 66.0 Å². The predicted octanol–water partition coefficient (Wildman–Crippen LogP) is 0.334. The lowest BCUT2D eigenvalue weighted by Gasteiger charge is -2.16. The summed E-state index contributed by atoms with van der Waals surface area (Å²) in [6.07, 6.45) is 2.59. The van der Waals surface area contributed by atoms with Gasteiger partial charge in [-0.2, -0.15) is 5.10 Å². The van der Waals surface area contributed by atoms with Crippen LogP contribution in [-0.2, 0) is 11.3 Å². The minimum absolute atomic E-state index is 0.0417. The molecule has 2 N–H and O–H groups in total. The fourth-order valence-corrected chi connectivity index (χ4v) is 1.82. The highest BCUT2D eigenvalue weighted by atomic mass is 16.5. The highest BCUT2D eigenvalue weighted by Gasteiger charge is 2.27. The molecule has 2 atom stereocenters. The van der Waals surface area contributed by atoms with Crippen LogP contribution in [0.2, 0.25) is 0 Å². The fourth-order valence-electron chi connectivity index (χ4n) is 1.82. The fraction of sp³-hybridized carbons (Fsp3) is 0.778. The van der Waals surface area contributed by atoms with Gasteiger partial charge in [0.05, 0.1) is 12.6 Å². The summed E-state index contributed by atoms with van der Waals surface area (Å²) in [5.41, 5.74) is 6.12. The minimum atomic E-state index is -0.0417. The molecule has 1 fully saturated rings. The van der Waals surface area contributed by atoms with Crippen LogP contribution < -0.4 is 5.73 Å². The molecule has 0 aliphatic carbocycles. The molecule has 1 aliphatic rings. The molecule has 2 unspecified atom stereocenters. The Balaban J connectivity index is 2.12. The van der Waals surface area contributed by atoms with Crippen LogP contribution in [0.25, 0.3) is 0 Å². The van der Waals surface area contributed by atoms with Crippen LogP contribution in [0.4, 0.5) is 0 Å². The molecule has 14 heavy (non-hydrogen) atoms. The van der Waals surface area contributed by atoms with Crippen LogP contribution in [0.3, 0.4) is 0 Å². The van der Waals surface area contributed by atoms with Crippen molar-refractivity contribution in [3.63, 3.8) is 0 Å². The van der Waals surface area contributed by atoms with Crippen LogP contribution in [-0.4, -0.2) is 28.0 Å². The highest BCUT2D eigenvalue weighted by molar-refractivity contribution is 4.96. The van der Waals surface area contributed by atoms with E-state index in [0.717, 1.165) is 32.0 Å². The molecule has 0 spiro atoms. The Kier molecular flexibility index (Phi) is 2.79. The second kappa shape index (κ2) is 4.06. The molecule has 1 aromatic heterocycles. The normalized spacial score (nSPS) is 24.0. The lowest BCUT2D eigenvalue weighted by atomic mass is 9.99. The molecule has 0 radical (unpaired) electrons. The van der Waals surface area contributed by atoms with Crippen molar-refractivity contribution in [2.45, 2.75) is 25.9 Å². The number of nitrogens with two attached hydrogens (primary N) is 1. The van der Waals surface area contributed by atoms with Crippen LogP contribution in [0.15, 0.2) is 6.33 Å². The molecular formula is C9H16N4O. The molecule has 0 amide bonds. The summed E-state index contributed by atoms with van der Waals surface area (Å²) < 4.78 is 7.16. The molecule has 5 nitrogen and oxygen atoms in total. The van der Waals surface area contributed by atoms with Crippen molar-refractivity contribution in [2.24, 2.45) is 11.7 Å². The monoisotopic (exact) mass is 196 g/mol. The minimum Gasteiger partial charge on any atom is -0.381 e. The zero-order valence-corrected chi connectivity index (χ0v) is 8.39. The first-order valence-electron chi connectivity index (χ1n) is 5.04. The summed E-state index contributed by atoms with van der Waals surface area (Å²) in [6, 6.07) is -0.0417. The Hall–Kier alpha value is -0.940. The van der Waals surface area contributed by atoms with Gasteiger partial charge in [-0.25, -0.2) is 9.67 Å². The van der Waals surface area contributed by atoms with Crippen LogP contribution >= 0.6 is 0 Å². The first kappa shape index (κ1) is 9.61. The van der Waals surface area contributed by atoms with Gasteiger partial charge < -0.3 is 10.5 Å². The van der Waals surface area contributed by atoms with Crippen molar-refractivity contribution >= 4 is 0 Å². The Morgan fingerprint density at radius 2 is 2.64 bits per heavy atom. The third-order valence-corrected chi connectivity index (χ3v) is 2.72. The number of hydrogen-bond donors (Lipinski definition) is 1. The Labute approximate surface area is 83.3 Å². The van der Waals surface area contributed by atoms with E-state index in [1.807, 2.05) is 11.6 Å². The van der Waals surface area contributed by atoms with Gasteiger partial charge in [-0.3, -0.25) is 0 Å². The van der Waals surface area contributed by atoms with E-state index in [2.05, 4.69) is 10.1 Å². The quantitative estimate of drug-likeness (QED) is 0.756. The lowest BCUT2D eigenvalue weighted by molar-refractivity contribution is 0.179. The molecule has 1 aromatic rings. The number of aromatic nitrogens is 3. The van der Waals surface area contributed by atoms with Gasteiger partial charge in [-0.1, -0.05) is 0 Å². The first-order valence-corrected chi connectivity index (χ1v) is 5.04. The number of hydrogen-bond acceptors (Lipinski definition) is 4. The van der Waals surface area contributed by atoms with E-state index in [4.69, 9.17) is 10.5 Å². The lowest BCUT2D eigenvalue weighted by Crippen LogP contribution is -2.25. The zero-order chi connectivity index (χ0) is 9.97. The summed E-state index contributed by atoms with van der Waals surface area (Å²) in [4.78, 5) is 4.20. The maximum Gasteiger partial charge on any atom is 0.144 e.